The summed E-state index contributed by atoms with van der Waals surface area (Å²) in [5.41, 5.74) is 2.41. The van der Waals surface area contributed by atoms with Crippen LogP contribution in [0.2, 0.25) is 0 Å². The number of nitrogens with one attached hydrogen (secondary N) is 1. The highest BCUT2D eigenvalue weighted by Crippen LogP contribution is 2.21. The van der Waals surface area contributed by atoms with E-state index < -0.39 is 0 Å². The Bertz CT molecular complexity index is 677. The molecule has 0 saturated heterocycles. The van der Waals surface area contributed by atoms with Gasteiger partial charge >= 0.3 is 0 Å². The van der Waals surface area contributed by atoms with Crippen LogP contribution in [0.15, 0.2) is 41.0 Å². The molecule has 19 heavy (non-hydrogen) atoms. The van der Waals surface area contributed by atoms with Crippen molar-refractivity contribution in [2.45, 2.75) is 6.92 Å². The van der Waals surface area contributed by atoms with Crippen molar-refractivity contribution in [3.05, 3.63) is 57.8 Å². The minimum atomic E-state index is -0.269. The largest absolute Gasteiger partial charge is 0.322 e. The molecule has 4 nitrogen and oxygen atoms in total. The molecule has 0 aliphatic carbocycles. The Morgan fingerprint density at radius 1 is 1.37 bits per heavy atom. The Morgan fingerprint density at radius 3 is 2.84 bits per heavy atom. The number of nitriles is 1. The van der Waals surface area contributed by atoms with Gasteiger partial charge < -0.3 is 5.32 Å². The number of hydrogen-bond donors (Lipinski definition) is 1. The van der Waals surface area contributed by atoms with Gasteiger partial charge in [-0.1, -0.05) is 22.0 Å². The van der Waals surface area contributed by atoms with Gasteiger partial charge in [0.05, 0.1) is 0 Å². The van der Waals surface area contributed by atoms with Crippen molar-refractivity contribution in [2.24, 2.45) is 0 Å². The van der Waals surface area contributed by atoms with Crippen LogP contribution in [0.5, 0.6) is 0 Å². The molecule has 0 saturated carbocycles. The topological polar surface area (TPSA) is 65.8 Å². The van der Waals surface area contributed by atoms with E-state index >= 15 is 0 Å². The third-order valence-electron chi connectivity index (χ3n) is 2.57. The number of anilines is 1. The number of aromatic nitrogens is 1. The van der Waals surface area contributed by atoms with Crippen molar-refractivity contribution >= 4 is 27.5 Å². The first kappa shape index (κ1) is 13.2. The van der Waals surface area contributed by atoms with Crippen molar-refractivity contribution in [1.82, 2.24) is 4.98 Å². The average Bonchev–Trinajstić information content (AvgIpc) is 2.43. The Hall–Kier alpha value is -2.19. The first-order valence-corrected chi connectivity index (χ1v) is 6.33. The third-order valence-corrected chi connectivity index (χ3v) is 3.42. The highest BCUT2D eigenvalue weighted by molar-refractivity contribution is 9.10. The van der Waals surface area contributed by atoms with Gasteiger partial charge in [-0.15, -0.1) is 0 Å². The minimum absolute atomic E-state index is 0.220. The van der Waals surface area contributed by atoms with Crippen LogP contribution < -0.4 is 5.32 Å². The van der Waals surface area contributed by atoms with Crippen LogP contribution in [0.3, 0.4) is 0 Å². The zero-order chi connectivity index (χ0) is 13.8. The number of benzene rings is 1. The number of amides is 1. The minimum Gasteiger partial charge on any atom is -0.322 e. The predicted octanol–water partition coefficient (Wildman–Crippen LogP) is 3.28. The summed E-state index contributed by atoms with van der Waals surface area (Å²) in [5.74, 6) is -0.269. The maximum atomic E-state index is 12.0. The number of hydrogen-bond acceptors (Lipinski definition) is 3. The highest BCUT2D eigenvalue weighted by Gasteiger charge is 2.08. The van der Waals surface area contributed by atoms with Crippen molar-refractivity contribution in [3.8, 4) is 6.07 Å². The molecule has 1 N–H and O–H groups in total. The average molecular weight is 316 g/mol. The molecular weight excluding hydrogens is 306 g/mol. The molecular formula is C14H10BrN3O. The van der Waals surface area contributed by atoms with Crippen molar-refractivity contribution in [2.75, 3.05) is 5.32 Å². The van der Waals surface area contributed by atoms with Crippen LogP contribution in [0.25, 0.3) is 0 Å². The molecule has 1 aromatic carbocycles. The zero-order valence-electron chi connectivity index (χ0n) is 10.1. The summed E-state index contributed by atoms with van der Waals surface area (Å²) < 4.78 is 0.928. The molecule has 0 atom stereocenters. The lowest BCUT2D eigenvalue weighted by atomic mass is 10.2. The number of pyridine rings is 1. The first-order chi connectivity index (χ1) is 9.10. The van der Waals surface area contributed by atoms with E-state index in [9.17, 15) is 4.79 Å². The summed E-state index contributed by atoms with van der Waals surface area (Å²) in [5, 5.41) is 11.5. The van der Waals surface area contributed by atoms with Gasteiger partial charge in [-0.3, -0.25) is 4.79 Å². The van der Waals surface area contributed by atoms with Gasteiger partial charge in [0.1, 0.15) is 11.8 Å². The van der Waals surface area contributed by atoms with Crippen LogP contribution in [-0.2, 0) is 0 Å². The van der Waals surface area contributed by atoms with Crippen LogP contribution in [0.1, 0.15) is 21.6 Å². The second-order valence-electron chi connectivity index (χ2n) is 3.96. The molecule has 0 fully saturated rings. The molecule has 1 heterocycles. The van der Waals surface area contributed by atoms with E-state index in [0.717, 1.165) is 10.0 Å². The zero-order valence-corrected chi connectivity index (χ0v) is 11.7. The summed E-state index contributed by atoms with van der Waals surface area (Å²) in [7, 11) is 0. The van der Waals surface area contributed by atoms with Gasteiger partial charge in [-0.2, -0.15) is 5.26 Å². The highest BCUT2D eigenvalue weighted by atomic mass is 79.9. The predicted molar refractivity (Wildman–Crippen MR) is 75.8 cm³/mol. The van der Waals surface area contributed by atoms with E-state index in [1.165, 1.54) is 12.3 Å². The quantitative estimate of drug-likeness (QED) is 0.924. The third kappa shape index (κ3) is 3.18. The summed E-state index contributed by atoms with van der Waals surface area (Å²) in [6.07, 6.45) is 1.44. The number of rotatable bonds is 2. The molecule has 2 aromatic rings. The lowest BCUT2D eigenvalue weighted by Crippen LogP contribution is -2.12. The fourth-order valence-electron chi connectivity index (χ4n) is 1.51. The second kappa shape index (κ2) is 5.63. The monoisotopic (exact) mass is 315 g/mol. The molecule has 0 radical (unpaired) electrons. The Morgan fingerprint density at radius 2 is 2.16 bits per heavy atom. The SMILES string of the molecule is Cc1ccc(NC(=O)c2ccnc(C#N)c2)cc1Br. The lowest BCUT2D eigenvalue weighted by molar-refractivity contribution is 0.102. The standard InChI is InChI=1S/C14H10BrN3O/c1-9-2-3-11(7-13(9)15)18-14(19)10-4-5-17-12(6-10)8-16/h2-7H,1H3,(H,18,19). The van der Waals surface area contributed by atoms with Gasteiger partial charge in [0, 0.05) is 21.9 Å². The molecule has 1 amide bonds. The summed E-state index contributed by atoms with van der Waals surface area (Å²) in [4.78, 5) is 15.8. The molecule has 1 aromatic heterocycles. The normalized spacial score (nSPS) is 9.74. The van der Waals surface area contributed by atoms with Crippen molar-refractivity contribution in [1.29, 1.82) is 5.26 Å². The second-order valence-corrected chi connectivity index (χ2v) is 4.81. The molecule has 0 aliphatic heterocycles. The maximum Gasteiger partial charge on any atom is 0.255 e. The molecule has 0 aliphatic rings. The van der Waals surface area contributed by atoms with Crippen LogP contribution in [0, 0.1) is 18.3 Å². The summed E-state index contributed by atoms with van der Waals surface area (Å²) in [6.45, 7) is 1.97. The first-order valence-electron chi connectivity index (χ1n) is 5.54. The molecule has 5 heteroatoms. The molecule has 0 bridgehead atoms. The van der Waals surface area contributed by atoms with Gasteiger partial charge in [-0.25, -0.2) is 4.98 Å². The Balaban J connectivity index is 2.21. The van der Waals surface area contributed by atoms with Gasteiger partial charge in [0.2, 0.25) is 0 Å². The number of carbonyl (C=O) groups is 1. The molecule has 0 unspecified atom stereocenters. The maximum absolute atomic E-state index is 12.0. The van der Waals surface area contributed by atoms with Gasteiger partial charge in [0.25, 0.3) is 5.91 Å². The molecule has 94 valence electrons. The lowest BCUT2D eigenvalue weighted by Gasteiger charge is -2.07. The summed E-state index contributed by atoms with van der Waals surface area (Å²) >= 11 is 3.41. The number of aryl methyl sites for hydroxylation is 1. The number of nitrogens with zero attached hydrogens (tertiary/aromatic N) is 2. The van der Waals surface area contributed by atoms with E-state index in [1.807, 2.05) is 31.2 Å². The molecule has 0 spiro atoms. The van der Waals surface area contributed by atoms with Crippen LogP contribution >= 0.6 is 15.9 Å². The fraction of sp³-hybridized carbons (Fsp3) is 0.0714. The van der Waals surface area contributed by atoms with E-state index in [-0.39, 0.29) is 11.6 Å². The van der Waals surface area contributed by atoms with E-state index in [4.69, 9.17) is 5.26 Å². The fourth-order valence-corrected chi connectivity index (χ4v) is 1.89. The van der Waals surface area contributed by atoms with E-state index in [2.05, 4.69) is 26.2 Å². The smallest absolute Gasteiger partial charge is 0.255 e. The Kier molecular flexibility index (Phi) is 3.93. The molecule has 2 rings (SSSR count). The number of carbonyl (C=O) groups excluding carboxylic acids is 1. The Labute approximate surface area is 119 Å². The van der Waals surface area contributed by atoms with Crippen molar-refractivity contribution < 1.29 is 4.79 Å². The van der Waals surface area contributed by atoms with Gasteiger partial charge in [0.15, 0.2) is 0 Å². The van der Waals surface area contributed by atoms with E-state index in [0.29, 0.717) is 11.3 Å². The van der Waals surface area contributed by atoms with Gasteiger partial charge in [-0.05, 0) is 36.8 Å². The summed E-state index contributed by atoms with van der Waals surface area (Å²) in [6, 6.07) is 10.5. The number of halogens is 1. The van der Waals surface area contributed by atoms with Crippen LogP contribution in [-0.4, -0.2) is 10.9 Å². The van der Waals surface area contributed by atoms with Crippen molar-refractivity contribution in [3.63, 3.8) is 0 Å². The van der Waals surface area contributed by atoms with E-state index in [1.54, 1.807) is 6.07 Å². The van der Waals surface area contributed by atoms with Crippen LogP contribution in [0.4, 0.5) is 5.69 Å².